The number of hydrogen-bond donors (Lipinski definition) is 0. The van der Waals surface area contributed by atoms with Crippen LogP contribution in [0.2, 0.25) is 5.15 Å². The summed E-state index contributed by atoms with van der Waals surface area (Å²) in [6, 6.07) is 16.5. The molecule has 0 aliphatic rings. The number of rotatable bonds is 2. The summed E-state index contributed by atoms with van der Waals surface area (Å²) in [5.41, 5.74) is 3.40. The molecule has 0 amide bonds. The van der Waals surface area contributed by atoms with E-state index in [0.29, 0.717) is 11.0 Å². The number of hydrogen-bond acceptors (Lipinski definition) is 2. The molecule has 19 heavy (non-hydrogen) atoms. The summed E-state index contributed by atoms with van der Waals surface area (Å²) in [4.78, 5) is 8.59. The Kier molecular flexibility index (Phi) is 3.18. The van der Waals surface area contributed by atoms with Crippen molar-refractivity contribution in [1.29, 1.82) is 0 Å². The lowest BCUT2D eigenvalue weighted by molar-refractivity contribution is 1.09. The molecule has 0 fully saturated rings. The number of nitrogens with zero attached hydrogens (tertiary/aromatic N) is 2. The summed E-state index contributed by atoms with van der Waals surface area (Å²) in [5, 5.41) is 1.44. The van der Waals surface area contributed by atoms with Crippen LogP contribution in [-0.4, -0.2) is 9.97 Å². The van der Waals surface area contributed by atoms with Crippen LogP contribution in [0.25, 0.3) is 10.9 Å². The fourth-order valence-electron chi connectivity index (χ4n) is 2.19. The Morgan fingerprint density at radius 2 is 1.74 bits per heavy atom. The summed E-state index contributed by atoms with van der Waals surface area (Å²) in [6.45, 7) is 1.85. The average Bonchev–Trinajstić information content (AvgIpc) is 2.40. The SMILES string of the molecule is Cc1nc(Cl)c2cc(Cc3ccccc3)ccc2n1. The lowest BCUT2D eigenvalue weighted by atomic mass is 10.0. The highest BCUT2D eigenvalue weighted by molar-refractivity contribution is 6.34. The van der Waals surface area contributed by atoms with Gasteiger partial charge in [-0.15, -0.1) is 0 Å². The van der Waals surface area contributed by atoms with E-state index < -0.39 is 0 Å². The van der Waals surface area contributed by atoms with Gasteiger partial charge in [0, 0.05) is 5.39 Å². The fourth-order valence-corrected chi connectivity index (χ4v) is 2.46. The topological polar surface area (TPSA) is 25.8 Å². The molecule has 1 heterocycles. The van der Waals surface area contributed by atoms with Crippen molar-refractivity contribution in [1.82, 2.24) is 9.97 Å². The van der Waals surface area contributed by atoms with Crippen LogP contribution in [-0.2, 0) is 6.42 Å². The van der Waals surface area contributed by atoms with Crippen LogP contribution in [0, 0.1) is 6.92 Å². The highest BCUT2D eigenvalue weighted by Gasteiger charge is 2.05. The van der Waals surface area contributed by atoms with Crippen LogP contribution in [0.4, 0.5) is 0 Å². The molecule has 0 radical (unpaired) electrons. The van der Waals surface area contributed by atoms with Crippen molar-refractivity contribution in [2.75, 3.05) is 0 Å². The molecule has 0 atom stereocenters. The van der Waals surface area contributed by atoms with Gasteiger partial charge in [-0.2, -0.15) is 0 Å². The van der Waals surface area contributed by atoms with Crippen molar-refractivity contribution in [3.05, 3.63) is 70.6 Å². The quantitative estimate of drug-likeness (QED) is 0.652. The van der Waals surface area contributed by atoms with E-state index in [9.17, 15) is 0 Å². The minimum atomic E-state index is 0.525. The molecule has 0 N–H and O–H groups in total. The van der Waals surface area contributed by atoms with Crippen LogP contribution >= 0.6 is 11.6 Å². The first-order valence-corrected chi connectivity index (χ1v) is 6.57. The summed E-state index contributed by atoms with van der Waals surface area (Å²) in [7, 11) is 0. The molecule has 0 aliphatic heterocycles. The molecule has 2 nitrogen and oxygen atoms in total. The zero-order chi connectivity index (χ0) is 13.2. The van der Waals surface area contributed by atoms with Crippen LogP contribution < -0.4 is 0 Å². The monoisotopic (exact) mass is 268 g/mol. The van der Waals surface area contributed by atoms with Crippen LogP contribution in [0.15, 0.2) is 48.5 Å². The lowest BCUT2D eigenvalue weighted by Gasteiger charge is -2.05. The van der Waals surface area contributed by atoms with Crippen LogP contribution in [0.5, 0.6) is 0 Å². The van der Waals surface area contributed by atoms with Gasteiger partial charge in [-0.3, -0.25) is 0 Å². The predicted octanol–water partition coefficient (Wildman–Crippen LogP) is 4.18. The second kappa shape index (κ2) is 4.98. The third-order valence-electron chi connectivity index (χ3n) is 3.08. The minimum Gasteiger partial charge on any atom is -0.233 e. The Balaban J connectivity index is 2.02. The zero-order valence-corrected chi connectivity index (χ0v) is 11.4. The van der Waals surface area contributed by atoms with Gasteiger partial charge in [0.15, 0.2) is 0 Å². The molecule has 0 spiro atoms. The standard InChI is InChI=1S/C16H13ClN2/c1-11-18-15-8-7-13(10-14(15)16(17)19-11)9-12-5-3-2-4-6-12/h2-8,10H,9H2,1H3. The van der Waals surface area contributed by atoms with Gasteiger partial charge in [0.05, 0.1) is 5.52 Å². The van der Waals surface area contributed by atoms with Crippen molar-refractivity contribution in [2.24, 2.45) is 0 Å². The number of halogens is 1. The van der Waals surface area contributed by atoms with E-state index in [1.165, 1.54) is 11.1 Å². The Morgan fingerprint density at radius 3 is 2.53 bits per heavy atom. The molecule has 0 bridgehead atoms. The minimum absolute atomic E-state index is 0.525. The van der Waals surface area contributed by atoms with E-state index in [0.717, 1.165) is 17.3 Å². The number of aromatic nitrogens is 2. The van der Waals surface area contributed by atoms with E-state index in [-0.39, 0.29) is 0 Å². The molecule has 2 aromatic carbocycles. The van der Waals surface area contributed by atoms with Gasteiger partial charge in [-0.05, 0) is 36.6 Å². The third kappa shape index (κ3) is 2.59. The molecule has 0 saturated carbocycles. The summed E-state index contributed by atoms with van der Waals surface area (Å²) >= 11 is 6.19. The maximum absolute atomic E-state index is 6.19. The fraction of sp³-hybridized carbons (Fsp3) is 0.125. The van der Waals surface area contributed by atoms with Gasteiger partial charge in [0.25, 0.3) is 0 Å². The molecule has 0 unspecified atom stereocenters. The predicted molar refractivity (Wildman–Crippen MR) is 78.5 cm³/mol. The number of fused-ring (bicyclic) bond motifs is 1. The highest BCUT2D eigenvalue weighted by atomic mass is 35.5. The Labute approximate surface area is 117 Å². The van der Waals surface area contributed by atoms with Crippen molar-refractivity contribution >= 4 is 22.5 Å². The summed E-state index contributed by atoms with van der Waals surface area (Å²) < 4.78 is 0. The molecule has 1 aromatic heterocycles. The smallest absolute Gasteiger partial charge is 0.140 e. The van der Waals surface area contributed by atoms with Gasteiger partial charge in [-0.25, -0.2) is 9.97 Å². The number of aryl methyl sites for hydroxylation is 1. The Bertz CT molecular complexity index is 723. The second-order valence-electron chi connectivity index (χ2n) is 4.58. The zero-order valence-electron chi connectivity index (χ0n) is 10.6. The summed E-state index contributed by atoms with van der Waals surface area (Å²) in [5.74, 6) is 0.702. The molecular weight excluding hydrogens is 256 g/mol. The molecule has 94 valence electrons. The molecule has 3 aromatic rings. The Hall–Kier alpha value is -1.93. The van der Waals surface area contributed by atoms with E-state index in [1.54, 1.807) is 0 Å². The molecule has 0 saturated heterocycles. The van der Waals surface area contributed by atoms with E-state index in [4.69, 9.17) is 11.6 Å². The maximum atomic E-state index is 6.19. The average molecular weight is 269 g/mol. The van der Waals surface area contributed by atoms with Crippen molar-refractivity contribution in [3.8, 4) is 0 Å². The molecular formula is C16H13ClN2. The van der Waals surface area contributed by atoms with E-state index in [2.05, 4.69) is 46.4 Å². The molecule has 3 rings (SSSR count). The van der Waals surface area contributed by atoms with Gasteiger partial charge in [0.1, 0.15) is 11.0 Å². The van der Waals surface area contributed by atoms with Gasteiger partial charge >= 0.3 is 0 Å². The first-order valence-electron chi connectivity index (χ1n) is 6.19. The first kappa shape index (κ1) is 12.1. The van der Waals surface area contributed by atoms with Gasteiger partial charge < -0.3 is 0 Å². The van der Waals surface area contributed by atoms with Crippen LogP contribution in [0.1, 0.15) is 17.0 Å². The van der Waals surface area contributed by atoms with E-state index >= 15 is 0 Å². The largest absolute Gasteiger partial charge is 0.233 e. The normalized spacial score (nSPS) is 10.8. The second-order valence-corrected chi connectivity index (χ2v) is 4.93. The van der Waals surface area contributed by atoms with Crippen molar-refractivity contribution in [3.63, 3.8) is 0 Å². The Morgan fingerprint density at radius 1 is 0.947 bits per heavy atom. The number of benzene rings is 2. The molecule has 0 aliphatic carbocycles. The van der Waals surface area contributed by atoms with Crippen LogP contribution in [0.3, 0.4) is 0 Å². The molecule has 3 heteroatoms. The third-order valence-corrected chi connectivity index (χ3v) is 3.36. The van der Waals surface area contributed by atoms with Crippen molar-refractivity contribution < 1.29 is 0 Å². The first-order chi connectivity index (χ1) is 9.22. The summed E-state index contributed by atoms with van der Waals surface area (Å²) in [6.07, 6.45) is 0.890. The van der Waals surface area contributed by atoms with E-state index in [1.807, 2.05) is 19.1 Å². The van der Waals surface area contributed by atoms with Crippen molar-refractivity contribution in [2.45, 2.75) is 13.3 Å². The maximum Gasteiger partial charge on any atom is 0.140 e. The van der Waals surface area contributed by atoms with Gasteiger partial charge in [-0.1, -0.05) is 48.0 Å². The highest BCUT2D eigenvalue weighted by Crippen LogP contribution is 2.22. The van der Waals surface area contributed by atoms with Gasteiger partial charge in [0.2, 0.25) is 0 Å². The lowest BCUT2D eigenvalue weighted by Crippen LogP contribution is -1.93.